The van der Waals surface area contributed by atoms with Gasteiger partial charge < -0.3 is 0 Å². The van der Waals surface area contributed by atoms with Gasteiger partial charge in [0.05, 0.1) is 12.5 Å². The Labute approximate surface area is 146 Å². The van der Waals surface area contributed by atoms with E-state index in [2.05, 4.69) is 12.6 Å². The first kappa shape index (κ1) is 22.2. The number of nitriles is 1. The highest BCUT2D eigenvalue weighted by Crippen LogP contribution is 2.14. The minimum Gasteiger partial charge on any atom is -0.198 e. The molecule has 0 bridgehead atoms. The number of hydrogen-bond acceptors (Lipinski definition) is 1. The van der Waals surface area contributed by atoms with Crippen LogP contribution in [0.25, 0.3) is 0 Å². The lowest BCUT2D eigenvalue weighted by Crippen LogP contribution is -1.84. The van der Waals surface area contributed by atoms with Crippen LogP contribution in [0.5, 0.6) is 0 Å². The van der Waals surface area contributed by atoms with Crippen molar-refractivity contribution in [2.75, 3.05) is 0 Å². The number of nitrogens with zero attached hydrogens (tertiary/aromatic N) is 1. The summed E-state index contributed by atoms with van der Waals surface area (Å²) in [6.07, 6.45) is 28.2. The lowest BCUT2D eigenvalue weighted by molar-refractivity contribution is 0.528. The van der Waals surface area contributed by atoms with Gasteiger partial charge in [0.1, 0.15) is 0 Å². The molecule has 0 atom stereocenters. The predicted molar refractivity (Wildman–Crippen MR) is 103 cm³/mol. The smallest absolute Gasteiger partial charge is 0.0669 e. The van der Waals surface area contributed by atoms with Crippen molar-refractivity contribution in [1.82, 2.24) is 0 Å². The summed E-state index contributed by atoms with van der Waals surface area (Å²) in [5.74, 6) is 0. The first-order chi connectivity index (χ1) is 11.4. The Kier molecular flexibility index (Phi) is 20.5. The summed E-state index contributed by atoms with van der Waals surface area (Å²) in [6, 6.07) is 2.10. The van der Waals surface area contributed by atoms with Crippen LogP contribution in [-0.2, 0) is 0 Å². The Bertz CT molecular complexity index is 264. The molecule has 1 nitrogen and oxygen atoms in total. The molecule has 0 aliphatic heterocycles. The van der Waals surface area contributed by atoms with Gasteiger partial charge in [0.2, 0.25) is 0 Å². The van der Waals surface area contributed by atoms with Gasteiger partial charge in [0.25, 0.3) is 0 Å². The van der Waals surface area contributed by atoms with E-state index in [1.54, 1.807) is 6.42 Å². The van der Waals surface area contributed by atoms with E-state index < -0.39 is 0 Å². The third-order valence-electron chi connectivity index (χ3n) is 4.60. The van der Waals surface area contributed by atoms with Crippen molar-refractivity contribution in [2.24, 2.45) is 0 Å². The molecule has 0 amide bonds. The number of allylic oxidation sites excluding steroid dienone is 1. The lowest BCUT2D eigenvalue weighted by atomic mass is 10.0. The van der Waals surface area contributed by atoms with Gasteiger partial charge in [-0.25, -0.2) is 0 Å². The van der Waals surface area contributed by atoms with Gasteiger partial charge in [0.15, 0.2) is 0 Å². The molecular weight excluding hydrogens is 278 g/mol. The van der Waals surface area contributed by atoms with Gasteiger partial charge in [-0.2, -0.15) is 5.26 Å². The molecule has 0 rings (SSSR count). The van der Waals surface area contributed by atoms with Crippen LogP contribution in [0.2, 0.25) is 0 Å². The fraction of sp³-hybridized carbons (Fsp3) is 0.818. The van der Waals surface area contributed by atoms with Gasteiger partial charge in [-0.15, -0.1) is 6.58 Å². The maximum atomic E-state index is 8.40. The maximum Gasteiger partial charge on any atom is 0.0669 e. The monoisotopic (exact) mass is 318 g/mol. The van der Waals surface area contributed by atoms with Crippen LogP contribution in [0.1, 0.15) is 116 Å². The molecule has 23 heavy (non-hydrogen) atoms. The zero-order valence-corrected chi connectivity index (χ0v) is 15.5. The molecule has 0 N–H and O–H groups in total. The largest absolute Gasteiger partial charge is 0.198 e. The number of hydrogen-bond donors (Lipinski definition) is 0. The molecule has 0 saturated heterocycles. The van der Waals surface area contributed by atoms with Gasteiger partial charge in [-0.05, 0) is 19.3 Å². The first-order valence-corrected chi connectivity index (χ1v) is 10.2. The highest BCUT2D eigenvalue weighted by Gasteiger charge is 1.95. The van der Waals surface area contributed by atoms with Crippen molar-refractivity contribution < 1.29 is 0 Å². The van der Waals surface area contributed by atoms with E-state index in [-0.39, 0.29) is 0 Å². The van der Waals surface area contributed by atoms with Crippen LogP contribution in [0.15, 0.2) is 12.7 Å². The van der Waals surface area contributed by atoms with Crippen molar-refractivity contribution in [3.05, 3.63) is 19.1 Å². The summed E-state index contributed by atoms with van der Waals surface area (Å²) in [7, 11) is 0. The molecule has 1 radical (unpaired) electrons. The van der Waals surface area contributed by atoms with E-state index in [0.717, 1.165) is 6.42 Å². The lowest BCUT2D eigenvalue weighted by Gasteiger charge is -2.03. The van der Waals surface area contributed by atoms with Crippen molar-refractivity contribution >= 4 is 0 Å². The van der Waals surface area contributed by atoms with Gasteiger partial charge in [-0.1, -0.05) is 102 Å². The number of unbranched alkanes of at least 4 members (excludes halogenated alkanes) is 18. The van der Waals surface area contributed by atoms with E-state index in [0.29, 0.717) is 0 Å². The molecule has 1 heteroatoms. The molecule has 0 aromatic rings. The minimum atomic E-state index is 0.978. The summed E-state index contributed by atoms with van der Waals surface area (Å²) in [5, 5.41) is 8.40. The molecule has 0 saturated carbocycles. The van der Waals surface area contributed by atoms with Crippen molar-refractivity contribution in [3.63, 3.8) is 0 Å². The molecule has 0 aliphatic carbocycles. The third kappa shape index (κ3) is 21.2. The van der Waals surface area contributed by atoms with Crippen LogP contribution in [-0.4, -0.2) is 0 Å². The molecule has 0 unspecified atom stereocenters. The summed E-state index contributed by atoms with van der Waals surface area (Å²) in [6.45, 7) is 3.77. The third-order valence-corrected chi connectivity index (χ3v) is 4.60. The van der Waals surface area contributed by atoms with E-state index in [1.165, 1.54) is 109 Å². The van der Waals surface area contributed by atoms with Crippen molar-refractivity contribution in [3.8, 4) is 6.07 Å². The van der Waals surface area contributed by atoms with Crippen LogP contribution in [0, 0.1) is 17.8 Å². The van der Waals surface area contributed by atoms with E-state index in [4.69, 9.17) is 5.26 Å². The second-order valence-electron chi connectivity index (χ2n) is 6.86. The van der Waals surface area contributed by atoms with Crippen LogP contribution in [0.3, 0.4) is 0 Å². The Morgan fingerprint density at radius 3 is 1.13 bits per heavy atom. The second-order valence-corrected chi connectivity index (χ2v) is 6.86. The second kappa shape index (κ2) is 21.2. The Balaban J connectivity index is 2.95. The van der Waals surface area contributed by atoms with E-state index in [1.807, 2.05) is 6.08 Å². The van der Waals surface area contributed by atoms with Crippen molar-refractivity contribution in [1.29, 1.82) is 5.26 Å². The fourth-order valence-electron chi connectivity index (χ4n) is 3.07. The molecule has 0 fully saturated rings. The van der Waals surface area contributed by atoms with E-state index >= 15 is 0 Å². The quantitative estimate of drug-likeness (QED) is 0.175. The highest BCUT2D eigenvalue weighted by atomic mass is 14.2. The summed E-state index contributed by atoms with van der Waals surface area (Å²) >= 11 is 0. The van der Waals surface area contributed by atoms with Crippen molar-refractivity contribution in [2.45, 2.75) is 116 Å². The molecule has 0 aromatic carbocycles. The molecule has 133 valence electrons. The SMILES string of the molecule is C=CCCCCCCCCCCCCCCCCCC[CH]C#N. The highest BCUT2D eigenvalue weighted by molar-refractivity contribution is 4.90. The molecule has 0 heterocycles. The molecule has 0 spiro atoms. The minimum absolute atomic E-state index is 0.978. The standard InChI is InChI=1S/C22H40N/c1-2-3-4-5-6-7-8-9-10-11-12-13-14-15-16-17-18-19-20-21-22-23/h2,21H,1,3-20H2. The number of rotatable bonds is 19. The maximum absolute atomic E-state index is 8.40. The fourth-order valence-corrected chi connectivity index (χ4v) is 3.07. The Morgan fingerprint density at radius 1 is 0.522 bits per heavy atom. The summed E-state index contributed by atoms with van der Waals surface area (Å²) in [5.41, 5.74) is 0. The van der Waals surface area contributed by atoms with Gasteiger partial charge in [0, 0.05) is 0 Å². The molecule has 0 aliphatic rings. The molecular formula is C22H40N. The Morgan fingerprint density at radius 2 is 0.826 bits per heavy atom. The first-order valence-electron chi connectivity index (χ1n) is 10.2. The summed E-state index contributed by atoms with van der Waals surface area (Å²) < 4.78 is 0. The average Bonchev–Trinajstić information content (AvgIpc) is 2.57. The molecule has 0 aromatic heterocycles. The van der Waals surface area contributed by atoms with Gasteiger partial charge in [-0.3, -0.25) is 0 Å². The summed E-state index contributed by atoms with van der Waals surface area (Å²) in [4.78, 5) is 0. The van der Waals surface area contributed by atoms with Crippen LogP contribution in [0.4, 0.5) is 0 Å². The predicted octanol–water partition coefficient (Wildman–Crippen LogP) is 7.92. The van der Waals surface area contributed by atoms with Crippen LogP contribution < -0.4 is 0 Å². The van der Waals surface area contributed by atoms with Gasteiger partial charge >= 0.3 is 0 Å². The normalized spacial score (nSPS) is 10.6. The van der Waals surface area contributed by atoms with E-state index in [9.17, 15) is 0 Å². The average molecular weight is 319 g/mol. The van der Waals surface area contributed by atoms with Crippen LogP contribution >= 0.6 is 0 Å². The zero-order valence-electron chi connectivity index (χ0n) is 15.5. The topological polar surface area (TPSA) is 23.8 Å². The Hall–Kier alpha value is -0.770. The zero-order chi connectivity index (χ0) is 16.8.